The van der Waals surface area contributed by atoms with Crippen LogP contribution in [0.4, 0.5) is 5.82 Å². The van der Waals surface area contributed by atoms with Crippen LogP contribution in [0, 0.1) is 13.8 Å². The molecule has 1 heterocycles. The van der Waals surface area contributed by atoms with E-state index in [1.54, 1.807) is 6.92 Å². The molecule has 1 aliphatic rings. The van der Waals surface area contributed by atoms with Crippen LogP contribution in [0.1, 0.15) is 24.2 Å². The van der Waals surface area contributed by atoms with Crippen LogP contribution in [0.3, 0.4) is 0 Å². The fourth-order valence-corrected chi connectivity index (χ4v) is 1.65. The van der Waals surface area contributed by atoms with E-state index in [0.29, 0.717) is 11.0 Å². The normalized spacial score (nSPS) is 17.6. The number of rotatable bonds is 3. The van der Waals surface area contributed by atoms with Crippen LogP contribution in [0.2, 0.25) is 5.15 Å². The lowest BCUT2D eigenvalue weighted by Crippen LogP contribution is -2.27. The lowest BCUT2D eigenvalue weighted by atomic mass is 10.2. The van der Waals surface area contributed by atoms with E-state index in [1.807, 2.05) is 6.92 Å². The second-order valence-electron chi connectivity index (χ2n) is 4.10. The molecule has 1 aromatic heterocycles. The van der Waals surface area contributed by atoms with Crippen molar-refractivity contribution in [1.29, 1.82) is 0 Å². The van der Waals surface area contributed by atoms with Crippen molar-refractivity contribution in [3.8, 4) is 0 Å². The molecule has 0 aliphatic heterocycles. The van der Waals surface area contributed by atoms with Gasteiger partial charge in [-0.05, 0) is 26.7 Å². The first-order valence-corrected chi connectivity index (χ1v) is 5.34. The smallest absolute Gasteiger partial charge is 0.137 e. The molecule has 0 bridgehead atoms. The van der Waals surface area contributed by atoms with Gasteiger partial charge in [-0.15, -0.1) is 0 Å². The highest BCUT2D eigenvalue weighted by Gasteiger charge is 2.42. The summed E-state index contributed by atoms with van der Waals surface area (Å²) in [6.45, 7) is 3.81. The summed E-state index contributed by atoms with van der Waals surface area (Å²) in [5, 5.41) is 12.9. The summed E-state index contributed by atoms with van der Waals surface area (Å²) in [4.78, 5) is 8.35. The molecule has 1 fully saturated rings. The molecule has 1 saturated carbocycles. The van der Waals surface area contributed by atoms with Gasteiger partial charge in [-0.3, -0.25) is 0 Å². The number of aromatic nitrogens is 2. The van der Waals surface area contributed by atoms with E-state index in [1.165, 1.54) is 0 Å². The molecule has 0 saturated heterocycles. The summed E-state index contributed by atoms with van der Waals surface area (Å²) >= 11 is 5.96. The fourth-order valence-electron chi connectivity index (χ4n) is 1.44. The molecule has 2 rings (SSSR count). The number of hydrogen-bond acceptors (Lipinski definition) is 4. The second kappa shape index (κ2) is 3.61. The fraction of sp³-hybridized carbons (Fsp3) is 0.600. The van der Waals surface area contributed by atoms with Gasteiger partial charge < -0.3 is 10.4 Å². The summed E-state index contributed by atoms with van der Waals surface area (Å²) in [5.74, 6) is 1.38. The minimum Gasteiger partial charge on any atom is -0.394 e. The molecule has 4 nitrogen and oxygen atoms in total. The average molecular weight is 228 g/mol. The van der Waals surface area contributed by atoms with Crippen molar-refractivity contribution < 1.29 is 5.11 Å². The molecular weight excluding hydrogens is 214 g/mol. The molecule has 0 spiro atoms. The first-order chi connectivity index (χ1) is 7.06. The number of aliphatic hydroxyl groups excluding tert-OH is 1. The Labute approximate surface area is 93.7 Å². The largest absolute Gasteiger partial charge is 0.394 e. The maximum atomic E-state index is 9.21. The van der Waals surface area contributed by atoms with E-state index in [4.69, 9.17) is 11.6 Å². The van der Waals surface area contributed by atoms with Gasteiger partial charge >= 0.3 is 0 Å². The molecule has 5 heteroatoms. The van der Waals surface area contributed by atoms with Crippen molar-refractivity contribution in [2.45, 2.75) is 32.2 Å². The van der Waals surface area contributed by atoms with Gasteiger partial charge in [0, 0.05) is 5.56 Å². The minimum absolute atomic E-state index is 0.132. The highest BCUT2D eigenvalue weighted by Crippen LogP contribution is 2.39. The summed E-state index contributed by atoms with van der Waals surface area (Å²) in [6.07, 6.45) is 1.95. The van der Waals surface area contributed by atoms with Gasteiger partial charge in [0.1, 0.15) is 16.8 Å². The summed E-state index contributed by atoms with van der Waals surface area (Å²) < 4.78 is 0. The molecule has 0 aromatic carbocycles. The molecule has 1 aliphatic carbocycles. The second-order valence-corrected chi connectivity index (χ2v) is 4.46. The lowest BCUT2D eigenvalue weighted by molar-refractivity contribution is 0.266. The highest BCUT2D eigenvalue weighted by molar-refractivity contribution is 6.30. The Hall–Kier alpha value is -0.870. The topological polar surface area (TPSA) is 58.0 Å². The van der Waals surface area contributed by atoms with E-state index in [-0.39, 0.29) is 12.1 Å². The molecule has 15 heavy (non-hydrogen) atoms. The zero-order valence-electron chi connectivity index (χ0n) is 8.84. The Morgan fingerprint density at radius 3 is 2.60 bits per heavy atom. The van der Waals surface area contributed by atoms with Crippen molar-refractivity contribution in [1.82, 2.24) is 9.97 Å². The maximum absolute atomic E-state index is 9.21. The zero-order valence-corrected chi connectivity index (χ0v) is 9.60. The first-order valence-electron chi connectivity index (χ1n) is 4.96. The van der Waals surface area contributed by atoms with Crippen molar-refractivity contribution >= 4 is 17.4 Å². The van der Waals surface area contributed by atoms with E-state index in [9.17, 15) is 5.11 Å². The van der Waals surface area contributed by atoms with Gasteiger partial charge in [0.25, 0.3) is 0 Å². The maximum Gasteiger partial charge on any atom is 0.137 e. The Morgan fingerprint density at radius 1 is 1.40 bits per heavy atom. The number of halogens is 1. The van der Waals surface area contributed by atoms with E-state index in [0.717, 1.165) is 24.2 Å². The van der Waals surface area contributed by atoms with Crippen LogP contribution in [0.25, 0.3) is 0 Å². The molecule has 0 amide bonds. The predicted octanol–water partition coefficient (Wildman–Crippen LogP) is 1.68. The standard InChI is InChI=1S/C10H14ClN3O/c1-6-8(11)12-7(2)13-9(6)14-10(5-15)3-4-10/h15H,3-5H2,1-2H3,(H,12,13,14). The van der Waals surface area contributed by atoms with Gasteiger partial charge in [-0.1, -0.05) is 11.6 Å². The van der Waals surface area contributed by atoms with Crippen LogP contribution in [-0.2, 0) is 0 Å². The predicted molar refractivity (Wildman–Crippen MR) is 59.2 cm³/mol. The number of anilines is 1. The van der Waals surface area contributed by atoms with Gasteiger partial charge in [-0.25, -0.2) is 9.97 Å². The molecule has 0 radical (unpaired) electrons. The first kappa shape index (κ1) is 10.6. The monoisotopic (exact) mass is 227 g/mol. The molecule has 82 valence electrons. The van der Waals surface area contributed by atoms with Crippen LogP contribution in [0.5, 0.6) is 0 Å². The quantitative estimate of drug-likeness (QED) is 0.772. The van der Waals surface area contributed by atoms with Crippen molar-refractivity contribution in [2.75, 3.05) is 11.9 Å². The van der Waals surface area contributed by atoms with Crippen LogP contribution in [-0.4, -0.2) is 27.2 Å². The van der Waals surface area contributed by atoms with Crippen molar-refractivity contribution in [3.63, 3.8) is 0 Å². The zero-order chi connectivity index (χ0) is 11.1. The van der Waals surface area contributed by atoms with E-state index < -0.39 is 0 Å². The highest BCUT2D eigenvalue weighted by atomic mass is 35.5. The summed E-state index contributed by atoms with van der Waals surface area (Å²) in [5.41, 5.74) is 0.663. The van der Waals surface area contributed by atoms with Gasteiger partial charge in [0.15, 0.2) is 0 Å². The van der Waals surface area contributed by atoms with E-state index >= 15 is 0 Å². The van der Waals surface area contributed by atoms with Crippen molar-refractivity contribution in [2.24, 2.45) is 0 Å². The SMILES string of the molecule is Cc1nc(Cl)c(C)c(NC2(CO)CC2)n1. The van der Waals surface area contributed by atoms with Crippen LogP contribution < -0.4 is 5.32 Å². The van der Waals surface area contributed by atoms with Crippen molar-refractivity contribution in [3.05, 3.63) is 16.5 Å². The minimum atomic E-state index is -0.172. The van der Waals surface area contributed by atoms with E-state index in [2.05, 4.69) is 15.3 Å². The Balaban J connectivity index is 2.28. The number of hydrogen-bond donors (Lipinski definition) is 2. The third-order valence-electron chi connectivity index (χ3n) is 2.74. The number of nitrogens with one attached hydrogen (secondary N) is 1. The third kappa shape index (κ3) is 2.06. The third-order valence-corrected chi connectivity index (χ3v) is 3.11. The number of aliphatic hydroxyl groups is 1. The van der Waals surface area contributed by atoms with Crippen LogP contribution >= 0.6 is 11.6 Å². The van der Waals surface area contributed by atoms with Gasteiger partial charge in [-0.2, -0.15) is 0 Å². The van der Waals surface area contributed by atoms with Gasteiger partial charge in [0.2, 0.25) is 0 Å². The Morgan fingerprint density at radius 2 is 2.07 bits per heavy atom. The summed E-state index contributed by atoms with van der Waals surface area (Å²) in [7, 11) is 0. The summed E-state index contributed by atoms with van der Waals surface area (Å²) in [6, 6.07) is 0. The molecule has 1 aromatic rings. The van der Waals surface area contributed by atoms with Gasteiger partial charge in [0.05, 0.1) is 12.1 Å². The molecule has 2 N–H and O–H groups in total. The number of nitrogens with zero attached hydrogens (tertiary/aromatic N) is 2. The molecule has 0 atom stereocenters. The van der Waals surface area contributed by atoms with Crippen LogP contribution in [0.15, 0.2) is 0 Å². The number of aryl methyl sites for hydroxylation is 1. The molecule has 0 unspecified atom stereocenters. The Kier molecular flexibility index (Phi) is 2.56. The Bertz CT molecular complexity index is 390. The molecular formula is C10H14ClN3O. The average Bonchev–Trinajstić information content (AvgIpc) is 2.94. The lowest BCUT2D eigenvalue weighted by Gasteiger charge is -2.17.